The molecule has 140 valence electrons. The van der Waals surface area contributed by atoms with Crippen molar-refractivity contribution in [3.05, 3.63) is 45.4 Å². The van der Waals surface area contributed by atoms with Crippen LogP contribution in [0.4, 0.5) is 10.1 Å². The van der Waals surface area contributed by atoms with Gasteiger partial charge in [-0.3, -0.25) is 9.20 Å². The summed E-state index contributed by atoms with van der Waals surface area (Å²) in [4.78, 5) is 30.3. The number of carbonyl (C=O) groups is 1. The van der Waals surface area contributed by atoms with Crippen molar-refractivity contribution in [3.63, 3.8) is 0 Å². The van der Waals surface area contributed by atoms with Crippen molar-refractivity contribution in [1.82, 2.24) is 9.38 Å². The maximum absolute atomic E-state index is 15.2. The molecule has 0 amide bonds. The lowest BCUT2D eigenvalue weighted by molar-refractivity contribution is 0.0688. The molecule has 7 nitrogen and oxygen atoms in total. The molecule has 0 radical (unpaired) electrons. The van der Waals surface area contributed by atoms with Crippen LogP contribution >= 0.6 is 0 Å². The van der Waals surface area contributed by atoms with E-state index >= 15 is 4.39 Å². The number of pyridine rings is 1. The number of carboxylic acids is 1. The first-order chi connectivity index (χ1) is 13.0. The minimum atomic E-state index is -1.40. The van der Waals surface area contributed by atoms with Crippen molar-refractivity contribution in [3.8, 4) is 0 Å². The Balaban J connectivity index is 1.88. The summed E-state index contributed by atoms with van der Waals surface area (Å²) in [6.07, 6.45) is 8.22. The number of fused-ring (bicyclic) bond motifs is 5. The number of carboxylic acid groups (broad SMARTS) is 1. The maximum atomic E-state index is 15.2. The Morgan fingerprint density at radius 3 is 2.85 bits per heavy atom. The molecule has 5 rings (SSSR count). The van der Waals surface area contributed by atoms with Gasteiger partial charge in [-0.25, -0.2) is 14.2 Å². The van der Waals surface area contributed by atoms with Gasteiger partial charge in [0.05, 0.1) is 23.1 Å². The molecule has 2 fully saturated rings. The number of hydrogen-bond donors (Lipinski definition) is 2. The number of aromatic carboxylic acids is 1. The first-order valence-electron chi connectivity index (χ1n) is 9.16. The average Bonchev–Trinajstić information content (AvgIpc) is 3.40. The molecule has 2 aliphatic heterocycles. The van der Waals surface area contributed by atoms with Gasteiger partial charge in [-0.15, -0.1) is 0 Å². The first-order valence-corrected chi connectivity index (χ1v) is 9.16. The quantitative estimate of drug-likeness (QED) is 0.835. The molecule has 4 heterocycles. The van der Waals surface area contributed by atoms with Gasteiger partial charge in [0, 0.05) is 30.1 Å². The molecule has 1 saturated heterocycles. The van der Waals surface area contributed by atoms with E-state index in [9.17, 15) is 14.7 Å². The van der Waals surface area contributed by atoms with Crippen LogP contribution in [0.15, 0.2) is 17.1 Å². The Kier molecular flexibility index (Phi) is 3.42. The van der Waals surface area contributed by atoms with E-state index in [2.05, 4.69) is 4.98 Å². The van der Waals surface area contributed by atoms with Crippen molar-refractivity contribution in [2.24, 2.45) is 5.73 Å². The maximum Gasteiger partial charge on any atom is 0.360 e. The Labute approximate surface area is 153 Å². The second-order valence-corrected chi connectivity index (χ2v) is 7.63. The summed E-state index contributed by atoms with van der Waals surface area (Å²) in [7, 11) is 0. The molecule has 0 unspecified atom stereocenters. The summed E-state index contributed by atoms with van der Waals surface area (Å²) in [6.45, 7) is 0.552. The molecule has 8 heteroatoms. The number of halogens is 1. The lowest BCUT2D eigenvalue weighted by Gasteiger charge is -2.27. The third-order valence-electron chi connectivity index (χ3n) is 5.71. The van der Waals surface area contributed by atoms with Crippen molar-refractivity contribution in [1.29, 1.82) is 0 Å². The van der Waals surface area contributed by atoms with Crippen LogP contribution in [0.25, 0.3) is 11.6 Å². The van der Waals surface area contributed by atoms with E-state index in [1.54, 1.807) is 0 Å². The molecule has 1 aliphatic carbocycles. The Morgan fingerprint density at radius 2 is 2.15 bits per heavy atom. The van der Waals surface area contributed by atoms with Crippen LogP contribution in [0.1, 0.15) is 53.3 Å². The van der Waals surface area contributed by atoms with Crippen molar-refractivity contribution >= 4 is 23.2 Å². The van der Waals surface area contributed by atoms with Gasteiger partial charge in [-0.05, 0) is 25.7 Å². The Hall–Kier alpha value is -2.74. The number of anilines is 1. The van der Waals surface area contributed by atoms with Gasteiger partial charge in [0.25, 0.3) is 5.56 Å². The standard InChI is InChI=1S/C19H19FN4O3/c20-13-8-24-17(14(9-4-5-9)22-15(18(24)25)19(26)27)12-3-1-2-11-6-10(21)7-23(11)16(12)13/h1,3,8-11H,2,4-7,21H2,(H,26,27)/t10-,11+/m0/s1. The molecule has 2 aromatic heterocycles. The lowest BCUT2D eigenvalue weighted by atomic mass is 10.1. The van der Waals surface area contributed by atoms with Gasteiger partial charge in [-0.2, -0.15) is 0 Å². The summed E-state index contributed by atoms with van der Waals surface area (Å²) < 4.78 is 16.3. The summed E-state index contributed by atoms with van der Waals surface area (Å²) >= 11 is 0. The van der Waals surface area contributed by atoms with Gasteiger partial charge in [0.2, 0.25) is 5.69 Å². The van der Waals surface area contributed by atoms with E-state index in [1.165, 1.54) is 0 Å². The van der Waals surface area contributed by atoms with Gasteiger partial charge in [0.1, 0.15) is 0 Å². The first kappa shape index (κ1) is 16.4. The van der Waals surface area contributed by atoms with Crippen LogP contribution in [0.3, 0.4) is 0 Å². The summed E-state index contributed by atoms with van der Waals surface area (Å²) in [5.41, 5.74) is 6.85. The van der Waals surface area contributed by atoms with Gasteiger partial charge < -0.3 is 15.7 Å². The smallest absolute Gasteiger partial charge is 0.360 e. The van der Waals surface area contributed by atoms with Crippen molar-refractivity contribution in [2.75, 3.05) is 11.4 Å². The zero-order valence-electron chi connectivity index (χ0n) is 14.6. The van der Waals surface area contributed by atoms with Crippen LogP contribution < -0.4 is 16.2 Å². The highest BCUT2D eigenvalue weighted by molar-refractivity contribution is 5.88. The molecule has 27 heavy (non-hydrogen) atoms. The van der Waals surface area contributed by atoms with E-state index in [-0.39, 0.29) is 18.0 Å². The lowest BCUT2D eigenvalue weighted by Crippen LogP contribution is -2.32. The van der Waals surface area contributed by atoms with E-state index < -0.39 is 23.0 Å². The van der Waals surface area contributed by atoms with E-state index in [0.29, 0.717) is 29.0 Å². The highest BCUT2D eigenvalue weighted by Crippen LogP contribution is 2.44. The fourth-order valence-corrected chi connectivity index (χ4v) is 4.39. The highest BCUT2D eigenvalue weighted by atomic mass is 19.1. The Morgan fingerprint density at radius 1 is 1.37 bits per heavy atom. The zero-order valence-corrected chi connectivity index (χ0v) is 14.6. The molecule has 3 N–H and O–H groups in total. The molecular formula is C19H19FN4O3. The SMILES string of the molecule is N[C@H]1C[C@H]2CC=Cc3c(c(F)cn4c(=O)c(C(=O)O)nc(C5CC5)c34)N2C1. The third-order valence-corrected chi connectivity index (χ3v) is 5.71. The van der Waals surface area contributed by atoms with Crippen molar-refractivity contribution in [2.45, 2.75) is 43.7 Å². The molecule has 0 spiro atoms. The van der Waals surface area contributed by atoms with Crippen LogP contribution in [-0.4, -0.2) is 39.1 Å². The second-order valence-electron chi connectivity index (χ2n) is 7.63. The Bertz CT molecular complexity index is 1070. The molecule has 0 bridgehead atoms. The highest BCUT2D eigenvalue weighted by Gasteiger charge is 2.37. The molecule has 3 aliphatic rings. The van der Waals surface area contributed by atoms with Gasteiger partial charge in [-0.1, -0.05) is 12.2 Å². The average molecular weight is 370 g/mol. The number of nitrogens with two attached hydrogens (primary N) is 1. The molecule has 2 atom stereocenters. The third kappa shape index (κ3) is 2.39. The predicted octanol–water partition coefficient (Wildman–Crippen LogP) is 1.73. The van der Waals surface area contributed by atoms with Gasteiger partial charge >= 0.3 is 5.97 Å². The number of hydrogen-bond acceptors (Lipinski definition) is 5. The minimum Gasteiger partial charge on any atom is -0.476 e. The monoisotopic (exact) mass is 370 g/mol. The second kappa shape index (κ2) is 5.63. The number of rotatable bonds is 2. The molecule has 2 aromatic rings. The molecule has 0 aromatic carbocycles. The fourth-order valence-electron chi connectivity index (χ4n) is 4.39. The normalized spacial score (nSPS) is 24.0. The van der Waals surface area contributed by atoms with Crippen molar-refractivity contribution < 1.29 is 14.3 Å². The fraction of sp³-hybridized carbons (Fsp3) is 0.421. The van der Waals surface area contributed by atoms with Gasteiger partial charge in [0.15, 0.2) is 5.82 Å². The number of aromatic nitrogens is 2. The molecular weight excluding hydrogens is 351 g/mol. The summed E-state index contributed by atoms with van der Waals surface area (Å²) in [5.74, 6) is -1.84. The van der Waals surface area contributed by atoms with E-state index in [1.807, 2.05) is 17.1 Å². The van der Waals surface area contributed by atoms with Crippen LogP contribution in [0.2, 0.25) is 0 Å². The van der Waals surface area contributed by atoms with Crippen LogP contribution in [0.5, 0.6) is 0 Å². The van der Waals surface area contributed by atoms with Crippen LogP contribution in [-0.2, 0) is 0 Å². The predicted molar refractivity (Wildman–Crippen MR) is 97.7 cm³/mol. The number of nitrogens with zero attached hydrogens (tertiary/aromatic N) is 3. The van der Waals surface area contributed by atoms with E-state index in [0.717, 1.165) is 36.3 Å². The largest absolute Gasteiger partial charge is 0.476 e. The topological polar surface area (TPSA) is 101 Å². The summed E-state index contributed by atoms with van der Waals surface area (Å²) in [5, 5.41) is 9.35. The van der Waals surface area contributed by atoms with Crippen LogP contribution in [0, 0.1) is 5.82 Å². The van der Waals surface area contributed by atoms with E-state index in [4.69, 9.17) is 5.73 Å². The zero-order chi connectivity index (χ0) is 18.9. The minimum absolute atomic E-state index is 0.0254. The summed E-state index contributed by atoms with van der Waals surface area (Å²) in [6, 6.07) is 0.0967. The molecule has 1 saturated carbocycles.